The van der Waals surface area contributed by atoms with Crippen molar-refractivity contribution in [2.24, 2.45) is 0 Å². The summed E-state index contributed by atoms with van der Waals surface area (Å²) in [7, 11) is 1.49. The predicted molar refractivity (Wildman–Crippen MR) is 101 cm³/mol. The highest BCUT2D eigenvalue weighted by Gasteiger charge is 2.32. The predicted octanol–water partition coefficient (Wildman–Crippen LogP) is 2.42. The molecule has 1 aliphatic heterocycles. The summed E-state index contributed by atoms with van der Waals surface area (Å²) in [5.74, 6) is -1.32. The van der Waals surface area contributed by atoms with Crippen LogP contribution in [0.3, 0.4) is 0 Å². The van der Waals surface area contributed by atoms with Crippen LogP contribution in [-0.4, -0.2) is 52.5 Å². The lowest BCUT2D eigenvalue weighted by molar-refractivity contribution is -0.143. The molecule has 2 amide bonds. The zero-order valence-electron chi connectivity index (χ0n) is 15.4. The number of carboxylic acid groups (broad SMARTS) is 1. The number of hydrogen-bond donors (Lipinski definition) is 2. The molecule has 1 unspecified atom stereocenters. The van der Waals surface area contributed by atoms with E-state index in [1.807, 2.05) is 0 Å². The van der Waals surface area contributed by atoms with Crippen LogP contribution in [0.1, 0.15) is 40.0 Å². The maximum absolute atomic E-state index is 12.8. The molecule has 1 atom stereocenters. The number of carboxylic acids is 1. The van der Waals surface area contributed by atoms with Crippen LogP contribution in [0.15, 0.2) is 42.6 Å². The Bertz CT molecular complexity index is 882. The van der Waals surface area contributed by atoms with Gasteiger partial charge in [0, 0.05) is 30.1 Å². The Balaban J connectivity index is 1.74. The molecule has 1 aromatic carbocycles. The highest BCUT2D eigenvalue weighted by molar-refractivity contribution is 6.05. The van der Waals surface area contributed by atoms with E-state index in [0.29, 0.717) is 35.7 Å². The molecule has 8 heteroatoms. The summed E-state index contributed by atoms with van der Waals surface area (Å²) < 4.78 is 4.97. The van der Waals surface area contributed by atoms with E-state index in [9.17, 15) is 19.5 Å². The van der Waals surface area contributed by atoms with Gasteiger partial charge in [-0.25, -0.2) is 9.78 Å². The van der Waals surface area contributed by atoms with E-state index in [1.54, 1.807) is 36.4 Å². The number of ether oxygens (including phenoxy) is 1. The van der Waals surface area contributed by atoms with E-state index < -0.39 is 12.0 Å². The van der Waals surface area contributed by atoms with Crippen molar-refractivity contribution in [1.82, 2.24) is 9.88 Å². The number of hydrogen-bond acceptors (Lipinski definition) is 5. The molecule has 1 saturated heterocycles. The second kappa shape index (κ2) is 8.51. The van der Waals surface area contributed by atoms with E-state index in [4.69, 9.17) is 4.74 Å². The van der Waals surface area contributed by atoms with Gasteiger partial charge >= 0.3 is 5.97 Å². The summed E-state index contributed by atoms with van der Waals surface area (Å²) in [6.07, 6.45) is 3.40. The zero-order valence-corrected chi connectivity index (χ0v) is 15.4. The first-order chi connectivity index (χ1) is 13.5. The summed E-state index contributed by atoms with van der Waals surface area (Å²) in [4.78, 5) is 42.0. The van der Waals surface area contributed by atoms with Crippen LogP contribution in [-0.2, 0) is 4.79 Å². The van der Waals surface area contributed by atoms with Crippen LogP contribution in [0.5, 0.6) is 5.88 Å². The van der Waals surface area contributed by atoms with Crippen LogP contribution in [0.4, 0.5) is 5.69 Å². The average molecular weight is 383 g/mol. The Morgan fingerprint density at radius 2 is 2.00 bits per heavy atom. The number of piperidine rings is 1. The van der Waals surface area contributed by atoms with Gasteiger partial charge in [-0.15, -0.1) is 0 Å². The van der Waals surface area contributed by atoms with Gasteiger partial charge in [-0.2, -0.15) is 0 Å². The first-order valence-electron chi connectivity index (χ1n) is 8.95. The number of benzene rings is 1. The summed E-state index contributed by atoms with van der Waals surface area (Å²) in [6.45, 7) is 0.407. The number of carbonyl (C=O) groups excluding carboxylic acids is 2. The quantitative estimate of drug-likeness (QED) is 0.821. The number of nitrogens with zero attached hydrogens (tertiary/aromatic N) is 2. The van der Waals surface area contributed by atoms with Crippen LogP contribution in [0.25, 0.3) is 0 Å². The Morgan fingerprint density at radius 1 is 1.18 bits per heavy atom. The van der Waals surface area contributed by atoms with Gasteiger partial charge in [0.25, 0.3) is 11.8 Å². The Morgan fingerprint density at radius 3 is 2.68 bits per heavy atom. The lowest BCUT2D eigenvalue weighted by Gasteiger charge is -2.33. The Kier molecular flexibility index (Phi) is 5.88. The molecule has 0 saturated carbocycles. The van der Waals surface area contributed by atoms with Gasteiger partial charge in [0.15, 0.2) is 0 Å². The average Bonchev–Trinajstić information content (AvgIpc) is 2.73. The molecule has 0 radical (unpaired) electrons. The van der Waals surface area contributed by atoms with E-state index in [1.165, 1.54) is 18.2 Å². The number of aromatic nitrogens is 1. The number of aliphatic carboxylic acids is 1. The van der Waals surface area contributed by atoms with Crippen molar-refractivity contribution >= 4 is 23.5 Å². The monoisotopic (exact) mass is 383 g/mol. The topological polar surface area (TPSA) is 109 Å². The van der Waals surface area contributed by atoms with Crippen molar-refractivity contribution in [3.8, 4) is 5.88 Å². The molecule has 2 N–H and O–H groups in total. The summed E-state index contributed by atoms with van der Waals surface area (Å²) in [6, 6.07) is 8.82. The molecule has 0 aliphatic carbocycles. The third kappa shape index (κ3) is 4.28. The first-order valence-corrected chi connectivity index (χ1v) is 8.95. The standard InChI is InChI=1S/C20H21N3O5/c1-28-17-9-8-14(12-21-17)18(24)22-15-6-4-5-13(11-15)19(25)23-10-3-2-7-16(23)20(26)27/h4-6,8-9,11-12,16H,2-3,7,10H2,1H3,(H,22,24)(H,26,27). The van der Waals surface area contributed by atoms with Gasteiger partial charge in [-0.3, -0.25) is 9.59 Å². The number of amides is 2. The maximum Gasteiger partial charge on any atom is 0.326 e. The van der Waals surface area contributed by atoms with Gasteiger partial charge in [-0.05, 0) is 43.5 Å². The highest BCUT2D eigenvalue weighted by atomic mass is 16.5. The number of anilines is 1. The van der Waals surface area contributed by atoms with Gasteiger partial charge in [-0.1, -0.05) is 6.07 Å². The molecule has 1 fully saturated rings. The number of likely N-dealkylation sites (tertiary alicyclic amines) is 1. The smallest absolute Gasteiger partial charge is 0.326 e. The minimum Gasteiger partial charge on any atom is -0.481 e. The first kappa shape index (κ1) is 19.3. The Hall–Kier alpha value is -3.42. The molecule has 28 heavy (non-hydrogen) atoms. The Labute approximate surface area is 162 Å². The van der Waals surface area contributed by atoms with Crippen molar-refractivity contribution in [3.63, 3.8) is 0 Å². The van der Waals surface area contributed by atoms with Crippen LogP contribution < -0.4 is 10.1 Å². The molecule has 2 aromatic rings. The maximum atomic E-state index is 12.8. The minimum absolute atomic E-state index is 0.332. The van der Waals surface area contributed by atoms with Crippen molar-refractivity contribution in [2.45, 2.75) is 25.3 Å². The largest absolute Gasteiger partial charge is 0.481 e. The third-order valence-corrected chi connectivity index (χ3v) is 4.62. The number of rotatable bonds is 5. The number of methoxy groups -OCH3 is 1. The second-order valence-corrected chi connectivity index (χ2v) is 6.47. The molecule has 3 rings (SSSR count). The van der Waals surface area contributed by atoms with E-state index >= 15 is 0 Å². The number of pyridine rings is 1. The SMILES string of the molecule is COc1ccc(C(=O)Nc2cccc(C(=O)N3CCCCC3C(=O)O)c2)cn1. The molecular formula is C20H21N3O5. The number of carbonyl (C=O) groups is 3. The summed E-state index contributed by atoms with van der Waals surface area (Å²) in [5.41, 5.74) is 1.12. The van der Waals surface area contributed by atoms with Gasteiger partial charge < -0.3 is 20.1 Å². The van der Waals surface area contributed by atoms with Crippen LogP contribution in [0, 0.1) is 0 Å². The van der Waals surface area contributed by atoms with E-state index in [0.717, 1.165) is 12.8 Å². The van der Waals surface area contributed by atoms with Gasteiger partial charge in [0.2, 0.25) is 5.88 Å². The van der Waals surface area contributed by atoms with Gasteiger partial charge in [0.1, 0.15) is 6.04 Å². The fourth-order valence-corrected chi connectivity index (χ4v) is 3.17. The van der Waals surface area contributed by atoms with Crippen molar-refractivity contribution < 1.29 is 24.2 Å². The molecule has 2 heterocycles. The molecular weight excluding hydrogens is 362 g/mol. The molecule has 0 bridgehead atoms. The molecule has 0 spiro atoms. The highest BCUT2D eigenvalue weighted by Crippen LogP contribution is 2.21. The zero-order chi connectivity index (χ0) is 20.1. The lowest BCUT2D eigenvalue weighted by atomic mass is 10.0. The van der Waals surface area contributed by atoms with E-state index in [2.05, 4.69) is 10.3 Å². The van der Waals surface area contributed by atoms with Gasteiger partial charge in [0.05, 0.1) is 12.7 Å². The normalized spacial score (nSPS) is 16.3. The molecule has 1 aliphatic rings. The lowest BCUT2D eigenvalue weighted by Crippen LogP contribution is -2.48. The number of nitrogens with one attached hydrogen (secondary N) is 1. The van der Waals surface area contributed by atoms with E-state index in [-0.39, 0.29) is 11.8 Å². The minimum atomic E-state index is -0.996. The van der Waals surface area contributed by atoms with Crippen molar-refractivity contribution in [3.05, 3.63) is 53.7 Å². The summed E-state index contributed by atoms with van der Waals surface area (Å²) in [5, 5.41) is 12.1. The van der Waals surface area contributed by atoms with Crippen LogP contribution in [0.2, 0.25) is 0 Å². The molecule has 8 nitrogen and oxygen atoms in total. The van der Waals surface area contributed by atoms with Crippen LogP contribution >= 0.6 is 0 Å². The van der Waals surface area contributed by atoms with Crippen molar-refractivity contribution in [1.29, 1.82) is 0 Å². The summed E-state index contributed by atoms with van der Waals surface area (Å²) >= 11 is 0. The fraction of sp³-hybridized carbons (Fsp3) is 0.300. The molecule has 146 valence electrons. The molecule has 1 aromatic heterocycles. The second-order valence-electron chi connectivity index (χ2n) is 6.47. The van der Waals surface area contributed by atoms with Crippen molar-refractivity contribution in [2.75, 3.05) is 19.0 Å². The fourth-order valence-electron chi connectivity index (χ4n) is 3.17. The third-order valence-electron chi connectivity index (χ3n) is 4.62.